The third kappa shape index (κ3) is 20.1. The van der Waals surface area contributed by atoms with Crippen molar-refractivity contribution in [1.82, 2.24) is 37.2 Å². The summed E-state index contributed by atoms with van der Waals surface area (Å²) in [6.45, 7) is 3.89. The van der Waals surface area contributed by atoms with Crippen LogP contribution in [0.4, 0.5) is 0 Å². The zero-order valence-corrected chi connectivity index (χ0v) is 67.1. The van der Waals surface area contributed by atoms with Gasteiger partial charge in [0.1, 0.15) is 131 Å². The molecule has 22 N–H and O–H groups in total. The molecule has 7 aromatic rings. The Bertz CT molecular complexity index is 5080. The van der Waals surface area contributed by atoms with Crippen molar-refractivity contribution in [3.05, 3.63) is 164 Å². The quantitative estimate of drug-likeness (QED) is 0.0406. The van der Waals surface area contributed by atoms with Crippen molar-refractivity contribution >= 4 is 70.4 Å². The van der Waals surface area contributed by atoms with E-state index >= 15 is 19.2 Å². The minimum Gasteiger partial charge on any atom is -0.508 e. The molecule has 7 aliphatic rings. The number of ether oxygens (including phenoxy) is 6. The molecule has 6 amide bonds. The lowest BCUT2D eigenvalue weighted by molar-refractivity contribution is -0.202. The molecule has 1 saturated carbocycles. The number of nitrogens with two attached hydrogens (primary N) is 1. The minimum atomic E-state index is -2.43. The number of nitrogens with one attached hydrogen (secondary N) is 7. The number of hydrogen-bond donors (Lipinski definition) is 21. The molecule has 18 unspecified atom stereocenters. The molecule has 2 fully saturated rings. The largest absolute Gasteiger partial charge is 0.508 e. The maximum Gasteiger partial charge on any atom is 0.325 e. The zero-order chi connectivity index (χ0) is 87.3. The zero-order valence-electron chi connectivity index (χ0n) is 65.6. The van der Waals surface area contributed by atoms with Crippen LogP contribution >= 0.6 is 23.2 Å². The smallest absolute Gasteiger partial charge is 0.325 e. The number of aliphatic hydroxyl groups excluding tert-OH is 8. The second kappa shape index (κ2) is 38.3. The maximum atomic E-state index is 16.7. The van der Waals surface area contributed by atoms with E-state index in [1.165, 1.54) is 49.5 Å². The average molecular weight is 1720 g/mol. The lowest BCUT2D eigenvalue weighted by Gasteiger charge is -2.40. The van der Waals surface area contributed by atoms with Crippen LogP contribution in [0, 0.1) is 11.8 Å². The molecule has 35 nitrogen and oxygen atoms in total. The molecule has 6 aliphatic heterocycles. The van der Waals surface area contributed by atoms with Gasteiger partial charge < -0.3 is 138 Å². The summed E-state index contributed by atoms with van der Waals surface area (Å²) in [5.41, 5.74) is 3.21. The Morgan fingerprint density at radius 3 is 1.76 bits per heavy atom. The molecule has 7 aromatic carbocycles. The molecule has 1 saturated heterocycles. The second-order valence-electron chi connectivity index (χ2n) is 30.9. The van der Waals surface area contributed by atoms with Gasteiger partial charge in [0.15, 0.2) is 28.8 Å². The van der Waals surface area contributed by atoms with Gasteiger partial charge in [0, 0.05) is 42.2 Å². The third-order valence-corrected chi connectivity index (χ3v) is 22.4. The van der Waals surface area contributed by atoms with Crippen molar-refractivity contribution in [2.75, 3.05) is 20.3 Å². The van der Waals surface area contributed by atoms with E-state index in [9.17, 15) is 85.6 Å². The lowest BCUT2D eigenvalue weighted by atomic mass is 9.81. The number of amides is 6. The molecule has 1 aliphatic carbocycles. The van der Waals surface area contributed by atoms with Crippen LogP contribution in [0.2, 0.25) is 10.0 Å². The summed E-state index contributed by atoms with van der Waals surface area (Å²) < 4.78 is 38.7. The number of aromatic hydroxyl groups is 4. The Morgan fingerprint density at radius 1 is 0.570 bits per heavy atom. The second-order valence-corrected chi connectivity index (χ2v) is 31.7. The highest BCUT2D eigenvalue weighted by atomic mass is 35.5. The Balaban J connectivity index is 1.08. The van der Waals surface area contributed by atoms with Gasteiger partial charge in [-0.1, -0.05) is 99.8 Å². The number of unbranched alkanes of at least 4 members (excludes halogenated alkanes) is 5. The number of phenols is 4. The van der Waals surface area contributed by atoms with Gasteiger partial charge in [0.25, 0.3) is 0 Å². The van der Waals surface area contributed by atoms with Crippen molar-refractivity contribution in [2.24, 2.45) is 17.6 Å². The van der Waals surface area contributed by atoms with Crippen molar-refractivity contribution in [2.45, 2.75) is 182 Å². The predicted octanol–water partition coefficient (Wildman–Crippen LogP) is 5.30. The van der Waals surface area contributed by atoms with Gasteiger partial charge in [0.05, 0.1) is 22.8 Å². The average Bonchev–Trinajstić information content (AvgIpc) is 0.763. The van der Waals surface area contributed by atoms with E-state index in [1.807, 2.05) is 0 Å². The number of carboxylic acids is 1. The number of rotatable bonds is 21. The van der Waals surface area contributed by atoms with Crippen LogP contribution in [0.15, 0.2) is 115 Å². The summed E-state index contributed by atoms with van der Waals surface area (Å²) in [6, 6.07) is 4.62. The van der Waals surface area contributed by atoms with Crippen molar-refractivity contribution < 1.29 is 133 Å². The molecule has 18 atom stereocenters. The van der Waals surface area contributed by atoms with Crippen LogP contribution in [0.25, 0.3) is 11.1 Å². The van der Waals surface area contributed by atoms with E-state index in [2.05, 4.69) is 51.1 Å². The number of benzene rings is 7. The van der Waals surface area contributed by atoms with Gasteiger partial charge in [-0.3, -0.25) is 38.4 Å². The predicted molar refractivity (Wildman–Crippen MR) is 428 cm³/mol. The molecular formula is C84H94Cl2N8O27. The van der Waals surface area contributed by atoms with E-state index in [0.717, 1.165) is 112 Å². The molecule has 0 radical (unpaired) electrons. The van der Waals surface area contributed by atoms with Crippen LogP contribution in [-0.4, -0.2) is 195 Å². The molecule has 6 heterocycles. The van der Waals surface area contributed by atoms with E-state index in [4.69, 9.17) is 57.4 Å². The summed E-state index contributed by atoms with van der Waals surface area (Å²) in [5.74, 6) is -16.9. The SMILES string of the molecule is CNC1C(=O)NC2C(=O)NC(C(=O)NC3C(=O)NC(c4ccc(O)c(-c5c(OC6CC(CO)C(O)C(O)C6O)cc(O)cc5C(N)C(=O)O)c4)C(=O)NC(C(C)=O)C(O)c4ccc(c(Cl)c4)Oc4cc3cc(c4OC3OCC(O)C(O)C3NC(=O)CCCCCCCCC(C)C)Oc3ccc(cc3Cl)C2O)c2cc(O)cc(c2)Oc2cc1ccc2O. The van der Waals surface area contributed by atoms with E-state index < -0.39 is 256 Å². The molecule has 0 spiro atoms. The number of carbonyl (C=O) groups is 8. The normalized spacial score (nSPS) is 25.9. The number of fused-ring (bicyclic) bond motifs is 15. The third-order valence-electron chi connectivity index (χ3n) is 21.8. The number of halogens is 2. The summed E-state index contributed by atoms with van der Waals surface area (Å²) in [6.07, 6.45) is -11.2. The van der Waals surface area contributed by atoms with Crippen LogP contribution in [0.3, 0.4) is 0 Å². The molecule has 14 rings (SSSR count). The van der Waals surface area contributed by atoms with Crippen molar-refractivity contribution in [3.63, 3.8) is 0 Å². The number of carboxylic acid groups (broad SMARTS) is 1. The fourth-order valence-corrected chi connectivity index (χ4v) is 15.7. The van der Waals surface area contributed by atoms with Crippen LogP contribution in [0.5, 0.6) is 69.0 Å². The molecule has 37 heteroatoms. The van der Waals surface area contributed by atoms with Gasteiger partial charge in [-0.15, -0.1) is 0 Å². The Hall–Kier alpha value is -11.2. The first-order valence-electron chi connectivity index (χ1n) is 39.1. The first-order chi connectivity index (χ1) is 57.6. The topological polar surface area (TPSA) is 565 Å². The Kier molecular flexibility index (Phi) is 28.2. The summed E-state index contributed by atoms with van der Waals surface area (Å²) >= 11 is 14.3. The number of aliphatic hydroxyl groups is 8. The Labute approximate surface area is 701 Å². The first-order valence-corrected chi connectivity index (χ1v) is 39.8. The van der Waals surface area contributed by atoms with Gasteiger partial charge in [-0.2, -0.15) is 0 Å². The first kappa shape index (κ1) is 89.1. The number of ketones is 1. The monoisotopic (exact) mass is 1720 g/mol. The summed E-state index contributed by atoms with van der Waals surface area (Å²) in [7, 11) is 1.38. The van der Waals surface area contributed by atoms with Gasteiger partial charge in [-0.05, 0) is 151 Å². The van der Waals surface area contributed by atoms with Crippen LogP contribution < -0.4 is 66.6 Å². The highest BCUT2D eigenvalue weighted by molar-refractivity contribution is 6.32. The molecule has 646 valence electrons. The number of carbonyl (C=O) groups excluding carboxylic acids is 7. The number of phenolic OH excluding ortho intramolecular Hbond substituents is 4. The van der Waals surface area contributed by atoms with E-state index in [-0.39, 0.29) is 56.2 Å². The molecule has 121 heavy (non-hydrogen) atoms. The molecule has 0 aromatic heterocycles. The summed E-state index contributed by atoms with van der Waals surface area (Å²) in [4.78, 5) is 120. The van der Waals surface area contributed by atoms with Gasteiger partial charge >= 0.3 is 5.97 Å². The highest BCUT2D eigenvalue weighted by Crippen LogP contribution is 2.50. The highest BCUT2D eigenvalue weighted by Gasteiger charge is 2.47. The van der Waals surface area contributed by atoms with E-state index in [1.54, 1.807) is 0 Å². The number of hydrogen-bond acceptors (Lipinski definition) is 28. The van der Waals surface area contributed by atoms with Crippen molar-refractivity contribution in [1.29, 1.82) is 0 Å². The molecular weight excluding hydrogens is 1620 g/mol. The standard InChI is InChI=1S/C84H94Cl2N8O27/c1-35(2)11-9-7-5-6-8-10-12-61(102)89-70-74(106)53(101)34-116-84(70)121-77-59-27-42-28-60(77)119-55-20-16-40(25-50(55)86)72(104)69-82(113)93-67(41-21-44(97)30-46(22-41)117-56-26-38(14-18-52(56)100)65(88-4)78(109)94-69)80(111)92-68(42)81(112)91-66(79(110)90-64(36(3)96)71(103)39-15-19-54(118-59)49(85)24-39)37-13-17-51(99)47(23-37)62-48(63(87)83(114)115)31-45(98)32-57(62)120-58-29-43(33-95)73(105)76(108)75(58)107/h13-28,30-32,35,43,53,58,63-76,84,88,95,97-101,103-108H,5-12,29,33-34,87H2,1-4H3,(H,89,102)(H,90,110)(H,91,112)(H,92,111)(H,93,113)(H,94,109)(H,114,115). The number of Topliss-reactive ketones (excluding diaryl/α,β-unsaturated/α-hetero) is 1. The van der Waals surface area contributed by atoms with Gasteiger partial charge in [-0.25, -0.2) is 0 Å². The fourth-order valence-electron chi connectivity index (χ4n) is 15.2. The minimum absolute atomic E-state index is 0.0524. The fraction of sp³-hybridized carbons (Fsp3) is 0.405. The van der Waals surface area contributed by atoms with Crippen LogP contribution in [0.1, 0.15) is 160 Å². The van der Waals surface area contributed by atoms with Crippen LogP contribution in [-0.2, 0) is 43.1 Å². The lowest BCUT2D eigenvalue weighted by Crippen LogP contribution is -2.62. The summed E-state index contributed by atoms with van der Waals surface area (Å²) in [5, 5.41) is 166. The van der Waals surface area contributed by atoms with E-state index in [0.29, 0.717) is 18.8 Å². The number of likely N-dealkylation sites (N-methyl/N-ethyl adjacent to an activating group) is 1. The molecule has 13 bridgehead atoms. The Morgan fingerprint density at radius 2 is 1.14 bits per heavy atom. The van der Waals surface area contributed by atoms with Gasteiger partial charge in [0.2, 0.25) is 47.5 Å². The number of aliphatic carboxylic acids is 1. The maximum absolute atomic E-state index is 16.7. The van der Waals surface area contributed by atoms with Crippen molar-refractivity contribution in [3.8, 4) is 80.1 Å².